The molecule has 1 aliphatic heterocycles. The van der Waals surface area contributed by atoms with Gasteiger partial charge < -0.3 is 10.5 Å². The molecule has 2 N–H and O–H groups in total. The maximum atomic E-state index is 11.6. The van der Waals surface area contributed by atoms with Crippen LogP contribution in [0.5, 0.6) is 0 Å². The smallest absolute Gasteiger partial charge is 0.354 e. The standard InChI is InChI=1S/C16H20N4O4S/c1-2-24-16(21)13(17)10-12-11-19(9-5-8-18-12)25-15-7-4-3-6-14(15)20(22)23/h3-4,6-7,10H,2,5,8-9,11,17H2,1H3/b13-10-. The lowest BCUT2D eigenvalue weighted by atomic mass is 10.3. The van der Waals surface area contributed by atoms with Crippen molar-refractivity contribution in [1.82, 2.24) is 4.31 Å². The third-order valence-corrected chi connectivity index (χ3v) is 4.45. The number of para-hydroxylation sites is 1. The van der Waals surface area contributed by atoms with E-state index in [1.807, 2.05) is 4.31 Å². The predicted molar refractivity (Wildman–Crippen MR) is 96.3 cm³/mol. The number of carbonyl (C=O) groups is 1. The largest absolute Gasteiger partial charge is 0.461 e. The minimum Gasteiger partial charge on any atom is -0.461 e. The average molecular weight is 364 g/mol. The summed E-state index contributed by atoms with van der Waals surface area (Å²) in [4.78, 5) is 27.4. The van der Waals surface area contributed by atoms with Gasteiger partial charge in [0.1, 0.15) is 10.6 Å². The van der Waals surface area contributed by atoms with E-state index in [4.69, 9.17) is 10.5 Å². The molecule has 1 heterocycles. The summed E-state index contributed by atoms with van der Waals surface area (Å²) in [5, 5.41) is 11.2. The van der Waals surface area contributed by atoms with Crippen LogP contribution in [0.1, 0.15) is 13.3 Å². The summed E-state index contributed by atoms with van der Waals surface area (Å²) in [6, 6.07) is 6.60. The number of ether oxygens (including phenoxy) is 1. The molecule has 1 aromatic rings. The summed E-state index contributed by atoms with van der Waals surface area (Å²) >= 11 is 1.31. The van der Waals surface area contributed by atoms with Gasteiger partial charge in [-0.1, -0.05) is 12.1 Å². The van der Waals surface area contributed by atoms with Crippen LogP contribution >= 0.6 is 11.9 Å². The second-order valence-electron chi connectivity index (χ2n) is 5.23. The maximum Gasteiger partial charge on any atom is 0.354 e. The fraction of sp³-hybridized carbons (Fsp3) is 0.375. The van der Waals surface area contributed by atoms with Crippen molar-refractivity contribution < 1.29 is 14.5 Å². The first-order chi connectivity index (χ1) is 12.0. The van der Waals surface area contributed by atoms with Gasteiger partial charge in [-0.2, -0.15) is 0 Å². The number of nitrogens with two attached hydrogens (primary N) is 1. The first-order valence-corrected chi connectivity index (χ1v) is 8.62. The molecule has 1 aromatic carbocycles. The highest BCUT2D eigenvalue weighted by atomic mass is 32.2. The Morgan fingerprint density at radius 3 is 3.00 bits per heavy atom. The monoisotopic (exact) mass is 364 g/mol. The summed E-state index contributed by atoms with van der Waals surface area (Å²) in [5.74, 6) is -0.577. The molecule has 0 unspecified atom stereocenters. The van der Waals surface area contributed by atoms with E-state index < -0.39 is 10.9 Å². The number of hydrogen-bond acceptors (Lipinski definition) is 8. The molecule has 134 valence electrons. The number of hydrogen-bond donors (Lipinski definition) is 1. The summed E-state index contributed by atoms with van der Waals surface area (Å²) in [5.41, 5.74) is 6.45. The molecule has 1 aliphatic rings. The number of nitro groups is 1. The molecule has 0 saturated heterocycles. The minimum atomic E-state index is -0.577. The Morgan fingerprint density at radius 1 is 1.52 bits per heavy atom. The molecule has 0 bridgehead atoms. The van der Waals surface area contributed by atoms with E-state index in [1.165, 1.54) is 24.1 Å². The summed E-state index contributed by atoms with van der Waals surface area (Å²) in [7, 11) is 0. The molecule has 0 radical (unpaired) electrons. The topological polar surface area (TPSA) is 111 Å². The van der Waals surface area contributed by atoms with Crippen LogP contribution < -0.4 is 5.73 Å². The van der Waals surface area contributed by atoms with Crippen molar-refractivity contribution >= 4 is 29.3 Å². The normalized spacial score (nSPS) is 16.0. The summed E-state index contributed by atoms with van der Waals surface area (Å²) < 4.78 is 6.84. The molecular weight excluding hydrogens is 344 g/mol. The van der Waals surface area contributed by atoms with Crippen molar-refractivity contribution in [3.05, 3.63) is 46.2 Å². The van der Waals surface area contributed by atoms with Crippen molar-refractivity contribution in [2.24, 2.45) is 10.7 Å². The average Bonchev–Trinajstić information content (AvgIpc) is 2.80. The van der Waals surface area contributed by atoms with Crippen LogP contribution in [0.3, 0.4) is 0 Å². The van der Waals surface area contributed by atoms with Crippen LogP contribution in [0.2, 0.25) is 0 Å². The Balaban J connectivity index is 2.11. The number of nitrogens with zero attached hydrogens (tertiary/aromatic N) is 3. The van der Waals surface area contributed by atoms with Gasteiger partial charge in [0.05, 0.1) is 23.8 Å². The van der Waals surface area contributed by atoms with Crippen LogP contribution in [0.15, 0.2) is 45.9 Å². The molecule has 2 rings (SSSR count). The van der Waals surface area contributed by atoms with Gasteiger partial charge >= 0.3 is 5.97 Å². The zero-order valence-electron chi connectivity index (χ0n) is 13.9. The van der Waals surface area contributed by atoms with E-state index in [-0.39, 0.29) is 18.0 Å². The molecule has 0 aliphatic carbocycles. The van der Waals surface area contributed by atoms with Gasteiger partial charge in [0, 0.05) is 19.2 Å². The Bertz CT molecular complexity index is 705. The Kier molecular flexibility index (Phi) is 6.96. The zero-order chi connectivity index (χ0) is 18.2. The van der Waals surface area contributed by atoms with Gasteiger partial charge in [0.2, 0.25) is 0 Å². The number of rotatable bonds is 6. The van der Waals surface area contributed by atoms with Crippen molar-refractivity contribution in [3.8, 4) is 0 Å². The third kappa shape index (κ3) is 5.57. The van der Waals surface area contributed by atoms with Crippen molar-refractivity contribution in [2.45, 2.75) is 18.2 Å². The first kappa shape index (κ1) is 18.9. The van der Waals surface area contributed by atoms with Crippen molar-refractivity contribution in [1.29, 1.82) is 0 Å². The van der Waals surface area contributed by atoms with E-state index >= 15 is 0 Å². The highest BCUT2D eigenvalue weighted by Crippen LogP contribution is 2.31. The Hall–Kier alpha value is -2.39. The van der Waals surface area contributed by atoms with Gasteiger partial charge in [0.25, 0.3) is 5.69 Å². The van der Waals surface area contributed by atoms with E-state index in [0.717, 1.165) is 13.0 Å². The Labute approximate surface area is 150 Å². The van der Waals surface area contributed by atoms with Gasteiger partial charge in [-0.05, 0) is 37.4 Å². The minimum absolute atomic E-state index is 0.00172. The molecule has 0 fully saturated rings. The fourth-order valence-corrected chi connectivity index (χ4v) is 3.30. The molecule has 25 heavy (non-hydrogen) atoms. The highest BCUT2D eigenvalue weighted by molar-refractivity contribution is 7.97. The molecule has 0 spiro atoms. The highest BCUT2D eigenvalue weighted by Gasteiger charge is 2.19. The molecule has 9 heteroatoms. The third-order valence-electron chi connectivity index (χ3n) is 3.34. The van der Waals surface area contributed by atoms with E-state index in [1.54, 1.807) is 25.1 Å². The second kappa shape index (κ2) is 9.19. The van der Waals surface area contributed by atoms with Gasteiger partial charge in [-0.3, -0.25) is 15.1 Å². The SMILES string of the molecule is CCOC(=O)/C(N)=C/C1=NCCCN(Sc2ccccc2[N+](=O)[O-])C1. The lowest BCUT2D eigenvalue weighted by Gasteiger charge is -2.18. The lowest BCUT2D eigenvalue weighted by Crippen LogP contribution is -2.24. The molecular formula is C16H20N4O4S. The van der Waals surface area contributed by atoms with E-state index in [0.29, 0.717) is 23.7 Å². The van der Waals surface area contributed by atoms with E-state index in [9.17, 15) is 14.9 Å². The van der Waals surface area contributed by atoms with Gasteiger partial charge in [0.15, 0.2) is 0 Å². The van der Waals surface area contributed by atoms with E-state index in [2.05, 4.69) is 4.99 Å². The number of esters is 1. The maximum absolute atomic E-state index is 11.6. The number of carbonyl (C=O) groups excluding carboxylic acids is 1. The lowest BCUT2D eigenvalue weighted by molar-refractivity contribution is -0.387. The summed E-state index contributed by atoms with van der Waals surface area (Å²) in [6.45, 7) is 3.71. The fourth-order valence-electron chi connectivity index (χ4n) is 2.23. The number of benzene rings is 1. The second-order valence-corrected chi connectivity index (χ2v) is 6.37. The van der Waals surface area contributed by atoms with Crippen LogP contribution in [-0.2, 0) is 9.53 Å². The number of nitro benzene ring substituents is 1. The van der Waals surface area contributed by atoms with Gasteiger partial charge in [-0.25, -0.2) is 9.10 Å². The van der Waals surface area contributed by atoms with Gasteiger partial charge in [-0.15, -0.1) is 0 Å². The van der Waals surface area contributed by atoms with Crippen LogP contribution in [-0.4, -0.2) is 47.2 Å². The van der Waals surface area contributed by atoms with Crippen LogP contribution in [0, 0.1) is 10.1 Å². The van der Waals surface area contributed by atoms with Crippen LogP contribution in [0.25, 0.3) is 0 Å². The quantitative estimate of drug-likeness (QED) is 0.271. The molecule has 0 atom stereocenters. The predicted octanol–water partition coefficient (Wildman–Crippen LogP) is 2.15. The molecule has 0 aromatic heterocycles. The van der Waals surface area contributed by atoms with Crippen molar-refractivity contribution in [3.63, 3.8) is 0 Å². The van der Waals surface area contributed by atoms with Crippen molar-refractivity contribution in [2.75, 3.05) is 26.2 Å². The summed E-state index contributed by atoms with van der Waals surface area (Å²) in [6.07, 6.45) is 2.32. The molecule has 0 amide bonds. The molecule has 0 saturated carbocycles. The molecule has 8 nitrogen and oxygen atoms in total. The van der Waals surface area contributed by atoms with Crippen LogP contribution in [0.4, 0.5) is 5.69 Å². The zero-order valence-corrected chi connectivity index (χ0v) is 14.7. The first-order valence-electron chi connectivity index (χ1n) is 7.85. The Morgan fingerprint density at radius 2 is 2.28 bits per heavy atom. The number of aliphatic imine (C=N–C) groups is 1.